The number of nitrogens with one attached hydrogen (secondary N) is 1. The Morgan fingerprint density at radius 1 is 1.12 bits per heavy atom. The van der Waals surface area contributed by atoms with Gasteiger partial charge in [0, 0.05) is 37.9 Å². The molecule has 0 aliphatic rings. The second-order valence-electron chi connectivity index (χ2n) is 5.42. The summed E-state index contributed by atoms with van der Waals surface area (Å²) in [5, 5.41) is 0. The number of hydrogen-bond donors (Lipinski definition) is 1. The molecule has 0 radical (unpaired) electrons. The van der Waals surface area contributed by atoms with Gasteiger partial charge in [0.15, 0.2) is 12.8 Å². The van der Waals surface area contributed by atoms with E-state index in [4.69, 9.17) is 8.83 Å². The van der Waals surface area contributed by atoms with Crippen LogP contribution < -0.4 is 11.2 Å². The summed E-state index contributed by atoms with van der Waals surface area (Å²) in [6, 6.07) is 1.40. The van der Waals surface area contributed by atoms with Gasteiger partial charge >= 0.3 is 5.69 Å². The van der Waals surface area contributed by atoms with Crippen molar-refractivity contribution in [2.24, 2.45) is 0 Å². The SMILES string of the molecule is Cc1cc(=O)n(CCN(Cc2cocn2)Cc2cocn2)c(=O)[nH]1. The molecule has 126 valence electrons. The van der Waals surface area contributed by atoms with E-state index in [1.807, 2.05) is 4.90 Å². The Morgan fingerprint density at radius 3 is 2.25 bits per heavy atom. The van der Waals surface area contributed by atoms with E-state index in [-0.39, 0.29) is 12.1 Å². The number of aromatic nitrogens is 4. The molecule has 0 aromatic carbocycles. The second kappa shape index (κ2) is 7.09. The first-order valence-electron chi connectivity index (χ1n) is 7.39. The molecule has 0 unspecified atom stereocenters. The molecule has 3 aromatic heterocycles. The predicted octanol–water partition coefficient (Wildman–Crippen LogP) is 0.523. The standard InChI is InChI=1S/C15H17N5O4/c1-11-4-14(21)20(15(22)18-11)3-2-19(5-12-7-23-9-16-12)6-13-8-24-10-17-13/h4,7-10H,2-3,5-6H2,1H3,(H,18,22). The normalized spacial score (nSPS) is 11.2. The van der Waals surface area contributed by atoms with Gasteiger partial charge in [-0.3, -0.25) is 14.3 Å². The summed E-state index contributed by atoms with van der Waals surface area (Å²) in [6.07, 6.45) is 5.83. The quantitative estimate of drug-likeness (QED) is 0.672. The fourth-order valence-electron chi connectivity index (χ4n) is 2.39. The van der Waals surface area contributed by atoms with Crippen molar-refractivity contribution < 1.29 is 8.83 Å². The zero-order valence-electron chi connectivity index (χ0n) is 13.1. The van der Waals surface area contributed by atoms with Gasteiger partial charge in [-0.15, -0.1) is 0 Å². The van der Waals surface area contributed by atoms with Gasteiger partial charge in [0.1, 0.15) is 12.5 Å². The highest BCUT2D eigenvalue weighted by Crippen LogP contribution is 2.07. The van der Waals surface area contributed by atoms with Crippen molar-refractivity contribution in [3.8, 4) is 0 Å². The van der Waals surface area contributed by atoms with E-state index >= 15 is 0 Å². The van der Waals surface area contributed by atoms with Crippen LogP contribution >= 0.6 is 0 Å². The highest BCUT2D eigenvalue weighted by molar-refractivity contribution is 4.97. The van der Waals surface area contributed by atoms with Crippen LogP contribution in [0.25, 0.3) is 0 Å². The van der Waals surface area contributed by atoms with Gasteiger partial charge in [-0.05, 0) is 6.92 Å². The molecule has 0 atom stereocenters. The zero-order valence-corrected chi connectivity index (χ0v) is 13.1. The lowest BCUT2D eigenvalue weighted by Gasteiger charge is -2.20. The first kappa shape index (κ1) is 15.9. The highest BCUT2D eigenvalue weighted by Gasteiger charge is 2.12. The third-order valence-electron chi connectivity index (χ3n) is 3.53. The number of aryl methyl sites for hydroxylation is 1. The zero-order chi connectivity index (χ0) is 16.9. The maximum absolute atomic E-state index is 12.0. The fraction of sp³-hybridized carbons (Fsp3) is 0.333. The predicted molar refractivity (Wildman–Crippen MR) is 83.2 cm³/mol. The largest absolute Gasteiger partial charge is 0.451 e. The number of oxazole rings is 2. The Bertz CT molecular complexity index is 812. The third-order valence-corrected chi connectivity index (χ3v) is 3.53. The van der Waals surface area contributed by atoms with Crippen LogP contribution in [0.4, 0.5) is 0 Å². The molecule has 0 amide bonds. The molecule has 0 saturated heterocycles. The van der Waals surface area contributed by atoms with Crippen LogP contribution in [0.3, 0.4) is 0 Å². The van der Waals surface area contributed by atoms with E-state index in [0.29, 0.717) is 25.3 Å². The van der Waals surface area contributed by atoms with Crippen LogP contribution in [0.15, 0.2) is 49.8 Å². The summed E-state index contributed by atoms with van der Waals surface area (Å²) < 4.78 is 11.1. The van der Waals surface area contributed by atoms with Gasteiger partial charge in [0.2, 0.25) is 0 Å². The lowest BCUT2D eigenvalue weighted by atomic mass is 10.3. The van der Waals surface area contributed by atoms with Gasteiger partial charge in [-0.25, -0.2) is 14.8 Å². The first-order valence-corrected chi connectivity index (χ1v) is 7.39. The number of hydrogen-bond acceptors (Lipinski definition) is 7. The summed E-state index contributed by atoms with van der Waals surface area (Å²) in [5.74, 6) is 0. The van der Waals surface area contributed by atoms with E-state index in [2.05, 4.69) is 15.0 Å². The van der Waals surface area contributed by atoms with Crippen molar-refractivity contribution in [1.82, 2.24) is 24.4 Å². The first-order chi connectivity index (χ1) is 11.6. The molecule has 0 fully saturated rings. The molecular weight excluding hydrogens is 314 g/mol. The van der Waals surface area contributed by atoms with Crippen LogP contribution in [0.5, 0.6) is 0 Å². The Labute approximate surface area is 136 Å². The lowest BCUT2D eigenvalue weighted by molar-refractivity contribution is 0.237. The number of rotatable bonds is 7. The summed E-state index contributed by atoms with van der Waals surface area (Å²) in [5.41, 5.74) is 1.32. The number of H-pyrrole nitrogens is 1. The molecule has 0 saturated carbocycles. The monoisotopic (exact) mass is 331 g/mol. The Balaban J connectivity index is 1.74. The van der Waals surface area contributed by atoms with Gasteiger partial charge < -0.3 is 13.8 Å². The van der Waals surface area contributed by atoms with Crippen LogP contribution in [0.2, 0.25) is 0 Å². The average molecular weight is 331 g/mol. The van der Waals surface area contributed by atoms with E-state index in [9.17, 15) is 9.59 Å². The molecule has 3 aromatic rings. The van der Waals surface area contributed by atoms with E-state index in [0.717, 1.165) is 11.4 Å². The van der Waals surface area contributed by atoms with Crippen LogP contribution in [0.1, 0.15) is 17.1 Å². The number of nitrogens with zero attached hydrogens (tertiary/aromatic N) is 4. The molecule has 9 nitrogen and oxygen atoms in total. The molecule has 1 N–H and O–H groups in total. The van der Waals surface area contributed by atoms with E-state index in [1.54, 1.807) is 19.5 Å². The number of aromatic amines is 1. The third kappa shape index (κ3) is 3.87. The molecule has 3 heterocycles. The maximum atomic E-state index is 12.0. The molecule has 9 heteroatoms. The van der Waals surface area contributed by atoms with Gasteiger partial charge in [0.25, 0.3) is 5.56 Å². The summed E-state index contributed by atoms with van der Waals surface area (Å²) >= 11 is 0. The fourth-order valence-corrected chi connectivity index (χ4v) is 2.39. The molecule has 0 aliphatic carbocycles. The van der Waals surface area contributed by atoms with Gasteiger partial charge in [-0.2, -0.15) is 0 Å². The topological polar surface area (TPSA) is 110 Å². The second-order valence-corrected chi connectivity index (χ2v) is 5.42. The molecule has 3 rings (SSSR count). The van der Waals surface area contributed by atoms with Gasteiger partial charge in [0.05, 0.1) is 11.4 Å². The minimum atomic E-state index is -0.414. The van der Waals surface area contributed by atoms with E-state index < -0.39 is 5.69 Å². The smallest absolute Gasteiger partial charge is 0.328 e. The Hall–Kier alpha value is -2.94. The summed E-state index contributed by atoms with van der Waals surface area (Å²) in [4.78, 5) is 36.7. The van der Waals surface area contributed by atoms with Crippen molar-refractivity contribution in [1.29, 1.82) is 0 Å². The van der Waals surface area contributed by atoms with Crippen LogP contribution in [-0.2, 0) is 19.6 Å². The van der Waals surface area contributed by atoms with Crippen molar-refractivity contribution in [2.75, 3.05) is 6.54 Å². The Kier molecular flexibility index (Phi) is 4.71. The summed E-state index contributed by atoms with van der Waals surface area (Å²) in [6.45, 7) is 3.40. The minimum Gasteiger partial charge on any atom is -0.451 e. The van der Waals surface area contributed by atoms with Crippen molar-refractivity contribution in [3.63, 3.8) is 0 Å². The van der Waals surface area contributed by atoms with Crippen LogP contribution in [-0.4, -0.2) is 31.0 Å². The van der Waals surface area contributed by atoms with Crippen molar-refractivity contribution >= 4 is 0 Å². The highest BCUT2D eigenvalue weighted by atomic mass is 16.3. The molecular formula is C15H17N5O4. The molecule has 24 heavy (non-hydrogen) atoms. The minimum absolute atomic E-state index is 0.254. The van der Waals surface area contributed by atoms with Crippen LogP contribution in [0, 0.1) is 6.92 Å². The van der Waals surface area contributed by atoms with E-state index in [1.165, 1.54) is 23.4 Å². The van der Waals surface area contributed by atoms with Crippen molar-refractivity contribution in [2.45, 2.75) is 26.6 Å². The summed E-state index contributed by atoms with van der Waals surface area (Å²) in [7, 11) is 0. The van der Waals surface area contributed by atoms with Crippen molar-refractivity contribution in [3.05, 3.63) is 69.3 Å². The van der Waals surface area contributed by atoms with Gasteiger partial charge in [-0.1, -0.05) is 0 Å². The molecule has 0 spiro atoms. The average Bonchev–Trinajstić information content (AvgIpc) is 3.19. The molecule has 0 aliphatic heterocycles. The Morgan fingerprint density at radius 2 is 1.75 bits per heavy atom. The maximum Gasteiger partial charge on any atom is 0.328 e. The lowest BCUT2D eigenvalue weighted by Crippen LogP contribution is -2.39. The molecule has 0 bridgehead atoms.